The molecule has 1 aromatic rings. The van der Waals surface area contributed by atoms with E-state index in [-0.39, 0.29) is 11.5 Å². The highest BCUT2D eigenvalue weighted by Crippen LogP contribution is 2.35. The van der Waals surface area contributed by atoms with Gasteiger partial charge in [-0.3, -0.25) is 4.79 Å². The normalized spacial score (nSPS) is 27.1. The summed E-state index contributed by atoms with van der Waals surface area (Å²) in [4.78, 5) is 14.2. The van der Waals surface area contributed by atoms with Gasteiger partial charge in [-0.25, -0.2) is 0 Å². The lowest BCUT2D eigenvalue weighted by Gasteiger charge is -2.23. The summed E-state index contributed by atoms with van der Waals surface area (Å²) in [6, 6.07) is 7.14. The van der Waals surface area contributed by atoms with Crippen LogP contribution in [0.15, 0.2) is 24.3 Å². The van der Waals surface area contributed by atoms with Crippen LogP contribution in [0.2, 0.25) is 5.02 Å². The van der Waals surface area contributed by atoms with E-state index in [1.807, 2.05) is 17.0 Å². The maximum atomic E-state index is 12.4. The first kappa shape index (κ1) is 12.0. The third-order valence-corrected chi connectivity index (χ3v) is 4.10. The Balaban J connectivity index is 1.74. The summed E-state index contributed by atoms with van der Waals surface area (Å²) in [5, 5.41) is 0.604. The number of hydrogen-bond donors (Lipinski definition) is 0. The van der Waals surface area contributed by atoms with Gasteiger partial charge in [0.25, 0.3) is 5.91 Å². The quantitative estimate of drug-likeness (QED) is 0.781. The number of likely N-dealkylation sites (tertiary alicyclic amines) is 1. The molecule has 0 radical (unpaired) electrons. The molecule has 0 aromatic heterocycles. The summed E-state index contributed by atoms with van der Waals surface area (Å²) in [5.74, 6) is 0.0601. The number of hydrogen-bond acceptors (Lipinski definition) is 2. The summed E-state index contributed by atoms with van der Waals surface area (Å²) in [5.41, 5.74) is 0.603. The van der Waals surface area contributed by atoms with Gasteiger partial charge >= 0.3 is 0 Å². The highest BCUT2D eigenvalue weighted by atomic mass is 35.5. The van der Waals surface area contributed by atoms with Gasteiger partial charge in [-0.2, -0.15) is 0 Å². The zero-order valence-corrected chi connectivity index (χ0v) is 10.9. The van der Waals surface area contributed by atoms with Crippen LogP contribution >= 0.6 is 11.6 Å². The maximum absolute atomic E-state index is 12.4. The Bertz CT molecular complexity index is 469. The summed E-state index contributed by atoms with van der Waals surface area (Å²) in [6.45, 7) is 2.34. The number of carbonyl (C=O) groups is 1. The minimum Gasteiger partial charge on any atom is -0.373 e. The molecule has 1 amide bonds. The van der Waals surface area contributed by atoms with Crippen LogP contribution in [-0.2, 0) is 4.74 Å². The molecule has 0 aliphatic carbocycles. The average Bonchev–Trinajstić information content (AvgIpc) is 3.00. The van der Waals surface area contributed by atoms with Gasteiger partial charge in [-0.1, -0.05) is 17.7 Å². The van der Waals surface area contributed by atoms with E-state index < -0.39 is 0 Å². The van der Waals surface area contributed by atoms with Gasteiger partial charge in [0.05, 0.1) is 12.1 Å². The van der Waals surface area contributed by atoms with E-state index in [9.17, 15) is 4.79 Å². The van der Waals surface area contributed by atoms with Crippen molar-refractivity contribution < 1.29 is 9.53 Å². The molecule has 0 saturated carbocycles. The lowest BCUT2D eigenvalue weighted by molar-refractivity contribution is 0.0127. The van der Waals surface area contributed by atoms with Gasteiger partial charge < -0.3 is 9.64 Å². The first-order valence-corrected chi connectivity index (χ1v) is 6.75. The Morgan fingerprint density at radius 2 is 2.28 bits per heavy atom. The van der Waals surface area contributed by atoms with Crippen LogP contribution in [0.4, 0.5) is 0 Å². The van der Waals surface area contributed by atoms with Gasteiger partial charge in [0.1, 0.15) is 0 Å². The van der Waals surface area contributed by atoms with Crippen LogP contribution in [0.25, 0.3) is 0 Å². The van der Waals surface area contributed by atoms with E-state index in [0.717, 1.165) is 39.0 Å². The summed E-state index contributed by atoms with van der Waals surface area (Å²) < 4.78 is 5.82. The Hall–Kier alpha value is -1.06. The van der Waals surface area contributed by atoms with E-state index in [4.69, 9.17) is 16.3 Å². The van der Waals surface area contributed by atoms with Crippen molar-refractivity contribution in [2.24, 2.45) is 0 Å². The van der Waals surface area contributed by atoms with Crippen LogP contribution in [0.1, 0.15) is 29.6 Å². The minimum absolute atomic E-state index is 0.0601. The lowest BCUT2D eigenvalue weighted by atomic mass is 10.00. The van der Waals surface area contributed by atoms with E-state index in [1.54, 1.807) is 12.1 Å². The van der Waals surface area contributed by atoms with E-state index in [1.165, 1.54) is 0 Å². The Morgan fingerprint density at radius 3 is 3.00 bits per heavy atom. The number of rotatable bonds is 1. The molecule has 3 nitrogen and oxygen atoms in total. The van der Waals surface area contributed by atoms with Gasteiger partial charge in [0.2, 0.25) is 0 Å². The first-order valence-electron chi connectivity index (χ1n) is 6.37. The molecule has 0 N–H and O–H groups in total. The second-order valence-corrected chi connectivity index (χ2v) is 5.56. The molecule has 18 heavy (non-hydrogen) atoms. The Labute approximate surface area is 112 Å². The molecule has 96 valence electrons. The SMILES string of the molecule is O=C(c1cccc(Cl)c1)N1CC[C@@]2(CCCO2)C1. The van der Waals surface area contributed by atoms with Gasteiger partial charge in [-0.15, -0.1) is 0 Å². The fourth-order valence-electron chi connectivity index (χ4n) is 2.90. The van der Waals surface area contributed by atoms with Crippen LogP contribution < -0.4 is 0 Å². The van der Waals surface area contributed by atoms with Crippen molar-refractivity contribution in [3.05, 3.63) is 34.9 Å². The summed E-state index contributed by atoms with van der Waals surface area (Å²) >= 11 is 5.92. The molecule has 2 fully saturated rings. The molecule has 2 heterocycles. The van der Waals surface area contributed by atoms with Crippen molar-refractivity contribution in [3.8, 4) is 0 Å². The number of nitrogens with zero attached hydrogens (tertiary/aromatic N) is 1. The average molecular weight is 266 g/mol. The van der Waals surface area contributed by atoms with Crippen molar-refractivity contribution in [1.29, 1.82) is 0 Å². The number of amides is 1. The van der Waals surface area contributed by atoms with E-state index >= 15 is 0 Å². The first-order chi connectivity index (χ1) is 8.69. The molecular weight excluding hydrogens is 250 g/mol. The minimum atomic E-state index is -0.0613. The number of carbonyl (C=O) groups excluding carboxylic acids is 1. The molecule has 1 spiro atoms. The number of ether oxygens (including phenoxy) is 1. The van der Waals surface area contributed by atoms with Gasteiger partial charge in [-0.05, 0) is 37.5 Å². The third-order valence-electron chi connectivity index (χ3n) is 3.86. The van der Waals surface area contributed by atoms with Gasteiger partial charge in [0.15, 0.2) is 0 Å². The second kappa shape index (κ2) is 4.56. The predicted molar refractivity (Wildman–Crippen MR) is 69.9 cm³/mol. The largest absolute Gasteiger partial charge is 0.373 e. The molecule has 2 aliphatic heterocycles. The fraction of sp³-hybridized carbons (Fsp3) is 0.500. The molecule has 1 atom stereocenters. The smallest absolute Gasteiger partial charge is 0.254 e. The molecule has 4 heteroatoms. The van der Waals surface area contributed by atoms with Crippen molar-refractivity contribution >= 4 is 17.5 Å². The monoisotopic (exact) mass is 265 g/mol. The molecule has 2 aliphatic rings. The third kappa shape index (κ3) is 2.13. The standard InChI is InChI=1S/C14H16ClNO2/c15-12-4-1-3-11(9-12)13(17)16-7-6-14(10-16)5-2-8-18-14/h1,3-4,9H,2,5-8,10H2/t14-/m0/s1. The zero-order valence-electron chi connectivity index (χ0n) is 10.2. The van der Waals surface area contributed by atoms with Crippen LogP contribution in [-0.4, -0.2) is 36.1 Å². The predicted octanol–water partition coefficient (Wildman–Crippen LogP) is 2.74. The maximum Gasteiger partial charge on any atom is 0.254 e. The van der Waals surface area contributed by atoms with E-state index in [2.05, 4.69) is 0 Å². The Morgan fingerprint density at radius 1 is 1.39 bits per heavy atom. The summed E-state index contributed by atoms with van der Waals surface area (Å²) in [6.07, 6.45) is 3.14. The topological polar surface area (TPSA) is 29.5 Å². The molecule has 2 saturated heterocycles. The lowest BCUT2D eigenvalue weighted by Crippen LogP contribution is -2.35. The second-order valence-electron chi connectivity index (χ2n) is 5.12. The Kier molecular flexibility index (Phi) is 3.04. The van der Waals surface area contributed by atoms with E-state index in [0.29, 0.717) is 10.6 Å². The molecule has 0 unspecified atom stereocenters. The molecular formula is C14H16ClNO2. The van der Waals surface area contributed by atoms with Crippen LogP contribution in [0.3, 0.4) is 0 Å². The van der Waals surface area contributed by atoms with Gasteiger partial charge in [0, 0.05) is 23.7 Å². The van der Waals surface area contributed by atoms with Crippen molar-refractivity contribution in [1.82, 2.24) is 4.90 Å². The summed E-state index contributed by atoms with van der Waals surface area (Å²) in [7, 11) is 0. The van der Waals surface area contributed by atoms with Crippen molar-refractivity contribution in [2.75, 3.05) is 19.7 Å². The highest BCUT2D eigenvalue weighted by Gasteiger charge is 2.43. The molecule has 0 bridgehead atoms. The van der Waals surface area contributed by atoms with Crippen LogP contribution in [0, 0.1) is 0 Å². The number of benzene rings is 1. The van der Waals surface area contributed by atoms with Crippen molar-refractivity contribution in [3.63, 3.8) is 0 Å². The number of halogens is 1. The fourth-order valence-corrected chi connectivity index (χ4v) is 3.09. The molecule has 3 rings (SSSR count). The van der Waals surface area contributed by atoms with Crippen molar-refractivity contribution in [2.45, 2.75) is 24.9 Å². The molecule has 1 aromatic carbocycles. The van der Waals surface area contributed by atoms with Crippen LogP contribution in [0.5, 0.6) is 0 Å². The zero-order chi connectivity index (χ0) is 12.6. The highest BCUT2D eigenvalue weighted by molar-refractivity contribution is 6.30.